The van der Waals surface area contributed by atoms with Crippen LogP contribution in [0.3, 0.4) is 0 Å². The van der Waals surface area contributed by atoms with Gasteiger partial charge in [-0.15, -0.1) is 0 Å². The summed E-state index contributed by atoms with van der Waals surface area (Å²) in [7, 11) is 0. The molecule has 17 heavy (non-hydrogen) atoms. The molecule has 2 fully saturated rings. The van der Waals surface area contributed by atoms with E-state index in [1.54, 1.807) is 0 Å². The molecule has 0 bridgehead atoms. The molecule has 2 nitrogen and oxygen atoms in total. The summed E-state index contributed by atoms with van der Waals surface area (Å²) in [6.45, 7) is 10.8. The van der Waals surface area contributed by atoms with Crippen LogP contribution < -0.4 is 5.32 Å². The van der Waals surface area contributed by atoms with E-state index in [-0.39, 0.29) is 0 Å². The van der Waals surface area contributed by atoms with Gasteiger partial charge in [-0.05, 0) is 38.6 Å². The molecule has 0 aromatic carbocycles. The summed E-state index contributed by atoms with van der Waals surface area (Å²) in [5, 5.41) is 3.91. The minimum atomic E-state index is 0.392. The Morgan fingerprint density at radius 2 is 1.71 bits per heavy atom. The van der Waals surface area contributed by atoms with Gasteiger partial charge in [0.1, 0.15) is 0 Å². The average Bonchev–Trinajstić information content (AvgIpc) is 2.83. The molecule has 1 saturated heterocycles. The minimum Gasteiger partial charge on any atom is -0.308 e. The summed E-state index contributed by atoms with van der Waals surface area (Å²) in [6, 6.07) is 0. The summed E-state index contributed by atoms with van der Waals surface area (Å²) in [5.74, 6) is 0. The zero-order valence-corrected chi connectivity index (χ0v) is 12.0. The highest BCUT2D eigenvalue weighted by Crippen LogP contribution is 2.39. The van der Waals surface area contributed by atoms with Gasteiger partial charge in [0.2, 0.25) is 0 Å². The van der Waals surface area contributed by atoms with Crippen molar-refractivity contribution in [1.82, 2.24) is 10.2 Å². The van der Waals surface area contributed by atoms with Crippen LogP contribution in [0.5, 0.6) is 0 Å². The van der Waals surface area contributed by atoms with Crippen molar-refractivity contribution in [3.8, 4) is 0 Å². The molecular formula is C15H30N2. The van der Waals surface area contributed by atoms with E-state index in [2.05, 4.69) is 31.0 Å². The van der Waals surface area contributed by atoms with Gasteiger partial charge in [-0.2, -0.15) is 0 Å². The summed E-state index contributed by atoms with van der Waals surface area (Å²) in [6.07, 6.45) is 9.54. The van der Waals surface area contributed by atoms with Gasteiger partial charge in [0.05, 0.1) is 0 Å². The van der Waals surface area contributed by atoms with Gasteiger partial charge in [0.15, 0.2) is 0 Å². The van der Waals surface area contributed by atoms with Crippen LogP contribution in [0, 0.1) is 0 Å². The fraction of sp³-hybridized carbons (Fsp3) is 1.00. The van der Waals surface area contributed by atoms with E-state index >= 15 is 0 Å². The monoisotopic (exact) mass is 238 g/mol. The van der Waals surface area contributed by atoms with Gasteiger partial charge in [0, 0.05) is 24.2 Å². The van der Waals surface area contributed by atoms with E-state index in [9.17, 15) is 0 Å². The molecule has 0 aromatic heterocycles. The van der Waals surface area contributed by atoms with Crippen molar-refractivity contribution in [3.63, 3.8) is 0 Å². The number of piperazine rings is 1. The molecule has 2 rings (SSSR count). The van der Waals surface area contributed by atoms with Crippen LogP contribution in [0.15, 0.2) is 0 Å². The van der Waals surface area contributed by atoms with Gasteiger partial charge >= 0.3 is 0 Å². The zero-order valence-electron chi connectivity index (χ0n) is 12.0. The van der Waals surface area contributed by atoms with Crippen LogP contribution in [0.1, 0.15) is 65.7 Å². The average molecular weight is 238 g/mol. The number of nitrogens with one attached hydrogen (secondary N) is 1. The predicted octanol–water partition coefficient (Wildman–Crippen LogP) is 3.17. The molecule has 0 atom stereocenters. The first-order chi connectivity index (χ1) is 8.20. The predicted molar refractivity (Wildman–Crippen MR) is 74.4 cm³/mol. The highest BCUT2D eigenvalue weighted by atomic mass is 15.3. The number of nitrogens with zero attached hydrogens (tertiary/aromatic N) is 1. The highest BCUT2D eigenvalue weighted by molar-refractivity contribution is 5.06. The van der Waals surface area contributed by atoms with E-state index in [1.807, 2.05) is 0 Å². The topological polar surface area (TPSA) is 15.3 Å². The lowest BCUT2D eigenvalue weighted by molar-refractivity contribution is 0.00442. The highest BCUT2D eigenvalue weighted by Gasteiger charge is 2.46. The molecule has 1 heterocycles. The van der Waals surface area contributed by atoms with Gasteiger partial charge < -0.3 is 5.32 Å². The Morgan fingerprint density at radius 1 is 1.06 bits per heavy atom. The third-order valence-electron chi connectivity index (χ3n) is 5.34. The van der Waals surface area contributed by atoms with Crippen LogP contribution in [-0.4, -0.2) is 35.6 Å². The molecule has 2 heteroatoms. The normalized spacial score (nSPS) is 27.7. The maximum atomic E-state index is 3.91. The summed E-state index contributed by atoms with van der Waals surface area (Å²) >= 11 is 0. The van der Waals surface area contributed by atoms with Crippen LogP contribution in [0.25, 0.3) is 0 Å². The summed E-state index contributed by atoms with van der Waals surface area (Å²) < 4.78 is 0. The summed E-state index contributed by atoms with van der Waals surface area (Å²) in [4.78, 5) is 2.84. The van der Waals surface area contributed by atoms with Crippen molar-refractivity contribution >= 4 is 0 Å². The third-order valence-corrected chi connectivity index (χ3v) is 5.34. The lowest BCUT2D eigenvalue weighted by Gasteiger charge is -2.53. The Hall–Kier alpha value is -0.0800. The second-order valence-corrected chi connectivity index (χ2v) is 6.19. The van der Waals surface area contributed by atoms with E-state index in [0.717, 1.165) is 0 Å². The molecule has 2 aliphatic rings. The van der Waals surface area contributed by atoms with Gasteiger partial charge in [-0.1, -0.05) is 33.6 Å². The van der Waals surface area contributed by atoms with Crippen LogP contribution in [0.4, 0.5) is 0 Å². The van der Waals surface area contributed by atoms with Crippen molar-refractivity contribution in [2.45, 2.75) is 76.8 Å². The van der Waals surface area contributed by atoms with Crippen molar-refractivity contribution in [2.24, 2.45) is 0 Å². The molecule has 1 spiro atoms. The Balaban J connectivity index is 2.12. The van der Waals surface area contributed by atoms with E-state index in [4.69, 9.17) is 0 Å². The lowest BCUT2D eigenvalue weighted by atomic mass is 9.82. The minimum absolute atomic E-state index is 0.392. The number of rotatable bonds is 4. The third kappa shape index (κ3) is 2.39. The molecule has 1 aliphatic carbocycles. The molecule has 0 amide bonds. The fourth-order valence-corrected chi connectivity index (χ4v) is 3.89. The number of hydrogen-bond donors (Lipinski definition) is 1. The molecule has 0 radical (unpaired) electrons. The second-order valence-electron chi connectivity index (χ2n) is 6.19. The quantitative estimate of drug-likeness (QED) is 0.809. The first kappa shape index (κ1) is 13.4. The lowest BCUT2D eigenvalue weighted by Crippen LogP contribution is -2.69. The first-order valence-corrected chi connectivity index (χ1v) is 7.70. The molecule has 1 aliphatic heterocycles. The zero-order chi connectivity index (χ0) is 12.4. The second kappa shape index (κ2) is 5.27. The largest absolute Gasteiger partial charge is 0.308 e. The Morgan fingerprint density at radius 3 is 2.24 bits per heavy atom. The Bertz CT molecular complexity index is 239. The van der Waals surface area contributed by atoms with Gasteiger partial charge in [-0.3, -0.25) is 4.90 Å². The molecule has 1 saturated carbocycles. The van der Waals surface area contributed by atoms with Crippen LogP contribution >= 0.6 is 0 Å². The first-order valence-electron chi connectivity index (χ1n) is 7.70. The Labute approximate surface area is 107 Å². The van der Waals surface area contributed by atoms with E-state index < -0.39 is 0 Å². The van der Waals surface area contributed by atoms with Crippen LogP contribution in [-0.2, 0) is 0 Å². The standard InChI is InChI=1S/C15H30N2/c1-4-11-17-13-14(5-2,6-3)16-12-15(17)9-7-8-10-15/h16H,4-13H2,1-3H3. The van der Waals surface area contributed by atoms with Crippen LogP contribution in [0.2, 0.25) is 0 Å². The molecular weight excluding hydrogens is 208 g/mol. The van der Waals surface area contributed by atoms with Gasteiger partial charge in [-0.25, -0.2) is 0 Å². The fourth-order valence-electron chi connectivity index (χ4n) is 3.89. The smallest absolute Gasteiger partial charge is 0.0334 e. The van der Waals surface area contributed by atoms with Crippen molar-refractivity contribution in [3.05, 3.63) is 0 Å². The molecule has 0 unspecified atom stereocenters. The Kier molecular flexibility index (Phi) is 4.14. The molecule has 1 N–H and O–H groups in total. The van der Waals surface area contributed by atoms with E-state index in [1.165, 1.54) is 64.6 Å². The maximum absolute atomic E-state index is 3.91. The number of hydrogen-bond acceptors (Lipinski definition) is 2. The van der Waals surface area contributed by atoms with Gasteiger partial charge in [0.25, 0.3) is 0 Å². The van der Waals surface area contributed by atoms with E-state index in [0.29, 0.717) is 11.1 Å². The SMILES string of the molecule is CCCN1CC(CC)(CC)NCC12CCCC2. The summed E-state index contributed by atoms with van der Waals surface area (Å²) in [5.41, 5.74) is 0.910. The van der Waals surface area contributed by atoms with Crippen molar-refractivity contribution in [1.29, 1.82) is 0 Å². The van der Waals surface area contributed by atoms with Crippen molar-refractivity contribution < 1.29 is 0 Å². The molecule has 0 aromatic rings. The molecule has 100 valence electrons. The van der Waals surface area contributed by atoms with Crippen molar-refractivity contribution in [2.75, 3.05) is 19.6 Å². The maximum Gasteiger partial charge on any atom is 0.0334 e.